The molecule has 0 unspecified atom stereocenters. The predicted octanol–water partition coefficient (Wildman–Crippen LogP) is 0.589. The van der Waals surface area contributed by atoms with E-state index in [1.54, 1.807) is 0 Å². The normalized spacial score (nSPS) is 11.2. The van der Waals surface area contributed by atoms with E-state index in [-0.39, 0.29) is 24.8 Å². The van der Waals surface area contributed by atoms with Crippen molar-refractivity contribution in [2.24, 2.45) is 0 Å². The summed E-state index contributed by atoms with van der Waals surface area (Å²) in [5.41, 5.74) is 0.864. The van der Waals surface area contributed by atoms with Crippen molar-refractivity contribution in [3.8, 4) is 0 Å². The number of rotatable bonds is 8. The molecule has 1 aromatic rings. The van der Waals surface area contributed by atoms with E-state index >= 15 is 0 Å². The Hall–Kier alpha value is -0.710. The van der Waals surface area contributed by atoms with Crippen LogP contribution in [0.2, 0.25) is 0 Å². The minimum absolute atomic E-state index is 0.0614. The second-order valence-electron chi connectivity index (χ2n) is 3.66. The Morgan fingerprint density at radius 2 is 1.95 bits per heavy atom. The molecule has 19 heavy (non-hydrogen) atoms. The van der Waals surface area contributed by atoms with Gasteiger partial charge in [-0.25, -0.2) is 8.42 Å². The van der Waals surface area contributed by atoms with Crippen LogP contribution in [0.5, 0.6) is 0 Å². The van der Waals surface area contributed by atoms with Gasteiger partial charge in [0.2, 0.25) is 15.9 Å². The number of carbonyl (C=O) groups excluding carboxylic acids is 1. The molecule has 0 fully saturated rings. The number of alkyl halides is 1. The Labute approximate surface area is 126 Å². The highest BCUT2D eigenvalue weighted by atomic mass is 127. The lowest BCUT2D eigenvalue weighted by Crippen LogP contribution is -2.34. The zero-order valence-corrected chi connectivity index (χ0v) is 13.1. The summed E-state index contributed by atoms with van der Waals surface area (Å²) >= 11 is 1.90. The second kappa shape index (κ2) is 8.46. The van der Waals surface area contributed by atoms with E-state index in [0.717, 1.165) is 5.56 Å². The average molecular weight is 398 g/mol. The summed E-state index contributed by atoms with van der Waals surface area (Å²) in [6.45, 7) is 0.214. The molecule has 0 spiro atoms. The van der Waals surface area contributed by atoms with Crippen molar-refractivity contribution >= 4 is 38.5 Å². The molecular formula is C11H15IN2O4S. The van der Waals surface area contributed by atoms with Gasteiger partial charge >= 0.3 is 0 Å². The highest BCUT2D eigenvalue weighted by molar-refractivity contribution is 14.1. The van der Waals surface area contributed by atoms with Crippen LogP contribution in [-0.2, 0) is 26.3 Å². The lowest BCUT2D eigenvalue weighted by molar-refractivity contribution is -0.118. The largest absolute Gasteiger partial charge is 0.354 e. The van der Waals surface area contributed by atoms with E-state index in [0.29, 0.717) is 4.43 Å². The van der Waals surface area contributed by atoms with Crippen LogP contribution in [0.4, 0.5) is 0 Å². The molecule has 1 aromatic carbocycles. The third kappa shape index (κ3) is 7.45. The van der Waals surface area contributed by atoms with E-state index in [9.17, 15) is 13.2 Å². The molecule has 6 nitrogen and oxygen atoms in total. The Balaban J connectivity index is 2.25. The fourth-order valence-electron chi connectivity index (χ4n) is 1.19. The summed E-state index contributed by atoms with van der Waals surface area (Å²) in [5.74, 6) is -0.412. The van der Waals surface area contributed by atoms with Gasteiger partial charge in [-0.15, -0.1) is 0 Å². The third-order valence-electron chi connectivity index (χ3n) is 2.08. The van der Waals surface area contributed by atoms with Crippen LogP contribution in [-0.4, -0.2) is 31.1 Å². The molecule has 0 aliphatic carbocycles. The van der Waals surface area contributed by atoms with Crippen molar-refractivity contribution in [3.05, 3.63) is 35.9 Å². The molecule has 2 N–H and O–H groups in total. The highest BCUT2D eigenvalue weighted by Crippen LogP contribution is 1.99. The van der Waals surface area contributed by atoms with Gasteiger partial charge in [0.15, 0.2) is 0 Å². The molecule has 1 amide bonds. The minimum atomic E-state index is -3.55. The maximum atomic E-state index is 11.5. The Morgan fingerprint density at radius 3 is 2.58 bits per heavy atom. The SMILES string of the molecule is O=C(CI)NCCS(=O)(=O)NOCc1ccccc1. The molecule has 1 rings (SSSR count). The third-order valence-corrected chi connectivity index (χ3v) is 3.89. The van der Waals surface area contributed by atoms with Crippen LogP contribution in [0.3, 0.4) is 0 Å². The van der Waals surface area contributed by atoms with Crippen LogP contribution in [0.25, 0.3) is 0 Å². The maximum Gasteiger partial charge on any atom is 0.235 e. The van der Waals surface area contributed by atoms with E-state index in [4.69, 9.17) is 4.84 Å². The molecule has 0 radical (unpaired) electrons. The van der Waals surface area contributed by atoms with Crippen LogP contribution in [0.15, 0.2) is 30.3 Å². The van der Waals surface area contributed by atoms with Gasteiger partial charge in [0.25, 0.3) is 0 Å². The van der Waals surface area contributed by atoms with Crippen molar-refractivity contribution in [1.82, 2.24) is 10.2 Å². The van der Waals surface area contributed by atoms with Gasteiger partial charge in [-0.05, 0) is 5.56 Å². The Kier molecular flexibility index (Phi) is 7.28. The Morgan fingerprint density at radius 1 is 1.26 bits per heavy atom. The topological polar surface area (TPSA) is 84.5 Å². The first kappa shape index (κ1) is 16.3. The van der Waals surface area contributed by atoms with Gasteiger partial charge in [-0.1, -0.05) is 57.8 Å². The number of nitrogens with one attached hydrogen (secondary N) is 2. The van der Waals surface area contributed by atoms with Gasteiger partial charge < -0.3 is 5.32 Å². The smallest absolute Gasteiger partial charge is 0.235 e. The number of hydrogen-bond donors (Lipinski definition) is 2. The van der Waals surface area contributed by atoms with Crippen molar-refractivity contribution in [2.75, 3.05) is 16.7 Å². The molecule has 0 aliphatic rings. The summed E-state index contributed by atoms with van der Waals surface area (Å²) in [6, 6.07) is 9.20. The highest BCUT2D eigenvalue weighted by Gasteiger charge is 2.10. The molecule has 0 bridgehead atoms. The number of halogens is 1. The first-order chi connectivity index (χ1) is 9.03. The zero-order valence-electron chi connectivity index (χ0n) is 10.1. The fraction of sp³-hybridized carbons (Fsp3) is 0.364. The summed E-state index contributed by atoms with van der Waals surface area (Å²) in [6.07, 6.45) is 0. The second-order valence-corrected chi connectivity index (χ2v) is 6.23. The summed E-state index contributed by atoms with van der Waals surface area (Å²) in [5, 5.41) is 2.48. The quantitative estimate of drug-likeness (QED) is 0.382. The van der Waals surface area contributed by atoms with Crippen molar-refractivity contribution in [3.63, 3.8) is 0 Å². The molecule has 0 saturated heterocycles. The van der Waals surface area contributed by atoms with E-state index in [2.05, 4.69) is 5.32 Å². The minimum Gasteiger partial charge on any atom is -0.354 e. The van der Waals surface area contributed by atoms with Crippen molar-refractivity contribution in [2.45, 2.75) is 6.61 Å². The van der Waals surface area contributed by atoms with Crippen molar-refractivity contribution in [1.29, 1.82) is 0 Å². The number of hydrogen-bond acceptors (Lipinski definition) is 4. The number of amides is 1. The number of sulfonamides is 1. The summed E-state index contributed by atoms with van der Waals surface area (Å²) in [4.78, 5) is 17.9. The number of carbonyl (C=O) groups is 1. The van der Waals surface area contributed by atoms with Gasteiger partial charge in [0.05, 0.1) is 16.8 Å². The molecule has 8 heteroatoms. The Bertz CT molecular complexity index is 493. The van der Waals surface area contributed by atoms with Crippen LogP contribution in [0.1, 0.15) is 5.56 Å². The van der Waals surface area contributed by atoms with Crippen molar-refractivity contribution < 1.29 is 18.0 Å². The van der Waals surface area contributed by atoms with E-state index in [1.807, 2.05) is 57.8 Å². The van der Waals surface area contributed by atoms with Gasteiger partial charge in [-0.2, -0.15) is 0 Å². The summed E-state index contributed by atoms with van der Waals surface area (Å²) in [7, 11) is -3.55. The average Bonchev–Trinajstić information content (AvgIpc) is 2.39. The van der Waals surface area contributed by atoms with Gasteiger partial charge in [0, 0.05) is 6.54 Å². The zero-order chi connectivity index (χ0) is 14.1. The standard InChI is InChI=1S/C11H15IN2O4S/c12-8-11(15)13-6-7-19(16,17)14-18-9-10-4-2-1-3-5-10/h1-5,14H,6-9H2,(H,13,15). The van der Waals surface area contributed by atoms with Crippen LogP contribution < -0.4 is 10.2 Å². The first-order valence-corrected chi connectivity index (χ1v) is 8.69. The molecule has 0 aliphatic heterocycles. The molecule has 0 atom stereocenters. The molecule has 0 aromatic heterocycles. The van der Waals surface area contributed by atoms with Crippen LogP contribution in [0, 0.1) is 0 Å². The number of benzene rings is 1. The fourth-order valence-corrected chi connectivity index (χ4v) is 2.15. The van der Waals surface area contributed by atoms with E-state index < -0.39 is 10.0 Å². The van der Waals surface area contributed by atoms with Gasteiger partial charge in [-0.3, -0.25) is 9.63 Å². The van der Waals surface area contributed by atoms with Crippen LogP contribution >= 0.6 is 22.6 Å². The molecule has 0 heterocycles. The summed E-state index contributed by atoms with van der Waals surface area (Å²) < 4.78 is 23.3. The molecular weight excluding hydrogens is 383 g/mol. The lowest BCUT2D eigenvalue weighted by atomic mass is 10.2. The van der Waals surface area contributed by atoms with Gasteiger partial charge in [0.1, 0.15) is 0 Å². The monoisotopic (exact) mass is 398 g/mol. The predicted molar refractivity (Wildman–Crippen MR) is 80.1 cm³/mol. The van der Waals surface area contributed by atoms with E-state index in [1.165, 1.54) is 0 Å². The molecule has 106 valence electrons. The molecule has 0 saturated carbocycles. The lowest BCUT2D eigenvalue weighted by Gasteiger charge is -2.07. The first-order valence-electron chi connectivity index (χ1n) is 5.51. The maximum absolute atomic E-state index is 11.5.